The molecule has 0 amide bonds. The van der Waals surface area contributed by atoms with E-state index in [1.807, 2.05) is 12.1 Å². The minimum atomic E-state index is -0.964. The molecule has 4 heteroatoms. The van der Waals surface area contributed by atoms with E-state index in [-0.39, 0.29) is 12.5 Å². The first kappa shape index (κ1) is 13.1. The molecule has 2 rings (SSSR count). The van der Waals surface area contributed by atoms with Gasteiger partial charge in [-0.2, -0.15) is 0 Å². The standard InChI is InChI=1S/C14H19NO3/c16-11(8-14(17)18)9-15-13-7-3-5-10-4-1-2-6-12(10)13/h1-2,4,6,11,13,15-16H,3,5,7-9H2,(H,17,18). The van der Waals surface area contributed by atoms with Gasteiger partial charge in [0.2, 0.25) is 0 Å². The van der Waals surface area contributed by atoms with E-state index in [2.05, 4.69) is 17.4 Å². The number of aliphatic carboxylic acids is 1. The van der Waals surface area contributed by atoms with Crippen molar-refractivity contribution in [3.63, 3.8) is 0 Å². The van der Waals surface area contributed by atoms with Crippen LogP contribution in [0.1, 0.15) is 36.4 Å². The van der Waals surface area contributed by atoms with Gasteiger partial charge in [-0.1, -0.05) is 24.3 Å². The molecule has 0 aliphatic heterocycles. The molecule has 0 saturated carbocycles. The molecule has 1 aromatic rings. The third-order valence-electron chi connectivity index (χ3n) is 3.38. The van der Waals surface area contributed by atoms with Crippen LogP contribution in [0, 0.1) is 0 Å². The Hall–Kier alpha value is -1.39. The maximum Gasteiger partial charge on any atom is 0.306 e. The van der Waals surface area contributed by atoms with E-state index >= 15 is 0 Å². The van der Waals surface area contributed by atoms with E-state index in [4.69, 9.17) is 5.11 Å². The molecule has 1 aromatic carbocycles. The van der Waals surface area contributed by atoms with Crippen LogP contribution in [0.2, 0.25) is 0 Å². The number of benzene rings is 1. The van der Waals surface area contributed by atoms with Crippen molar-refractivity contribution in [2.45, 2.75) is 37.8 Å². The lowest BCUT2D eigenvalue weighted by Crippen LogP contribution is -2.33. The Kier molecular flexibility index (Phi) is 4.33. The summed E-state index contributed by atoms with van der Waals surface area (Å²) < 4.78 is 0. The van der Waals surface area contributed by atoms with Crippen molar-refractivity contribution in [2.75, 3.05) is 6.54 Å². The van der Waals surface area contributed by atoms with Crippen molar-refractivity contribution in [1.82, 2.24) is 5.32 Å². The molecule has 0 spiro atoms. The number of hydrogen-bond donors (Lipinski definition) is 3. The van der Waals surface area contributed by atoms with E-state index in [0.717, 1.165) is 19.3 Å². The molecular formula is C14H19NO3. The Labute approximate surface area is 107 Å². The zero-order valence-corrected chi connectivity index (χ0v) is 10.3. The van der Waals surface area contributed by atoms with Gasteiger partial charge >= 0.3 is 5.97 Å². The number of aryl methyl sites for hydroxylation is 1. The molecule has 98 valence electrons. The first-order valence-corrected chi connectivity index (χ1v) is 6.38. The number of aliphatic hydroxyl groups is 1. The quantitative estimate of drug-likeness (QED) is 0.739. The van der Waals surface area contributed by atoms with Crippen molar-refractivity contribution in [3.05, 3.63) is 35.4 Å². The highest BCUT2D eigenvalue weighted by Crippen LogP contribution is 2.29. The van der Waals surface area contributed by atoms with Gasteiger partial charge in [-0.05, 0) is 30.4 Å². The predicted molar refractivity (Wildman–Crippen MR) is 68.4 cm³/mol. The summed E-state index contributed by atoms with van der Waals surface area (Å²) in [5.74, 6) is -0.964. The van der Waals surface area contributed by atoms with Gasteiger partial charge in [-0.25, -0.2) is 0 Å². The summed E-state index contributed by atoms with van der Waals surface area (Å²) in [7, 11) is 0. The van der Waals surface area contributed by atoms with Gasteiger partial charge in [0, 0.05) is 12.6 Å². The third-order valence-corrected chi connectivity index (χ3v) is 3.38. The van der Waals surface area contributed by atoms with Gasteiger partial charge in [0.15, 0.2) is 0 Å². The summed E-state index contributed by atoms with van der Waals surface area (Å²) in [5.41, 5.74) is 2.64. The first-order valence-electron chi connectivity index (χ1n) is 6.38. The van der Waals surface area contributed by atoms with Gasteiger partial charge in [0.1, 0.15) is 0 Å². The zero-order valence-electron chi connectivity index (χ0n) is 10.3. The molecule has 4 nitrogen and oxygen atoms in total. The fourth-order valence-corrected chi connectivity index (χ4v) is 2.52. The molecule has 18 heavy (non-hydrogen) atoms. The van der Waals surface area contributed by atoms with Gasteiger partial charge in [0.25, 0.3) is 0 Å². The highest BCUT2D eigenvalue weighted by molar-refractivity contribution is 5.67. The van der Waals surface area contributed by atoms with Crippen LogP contribution in [0.15, 0.2) is 24.3 Å². The summed E-state index contributed by atoms with van der Waals surface area (Å²) in [4.78, 5) is 10.5. The fraction of sp³-hybridized carbons (Fsp3) is 0.500. The van der Waals surface area contributed by atoms with Gasteiger partial charge in [-0.15, -0.1) is 0 Å². The summed E-state index contributed by atoms with van der Waals surface area (Å²) >= 11 is 0. The highest BCUT2D eigenvalue weighted by atomic mass is 16.4. The van der Waals surface area contributed by atoms with Gasteiger partial charge in [-0.3, -0.25) is 4.79 Å². The molecule has 0 heterocycles. The molecule has 0 fully saturated rings. The molecule has 0 radical (unpaired) electrons. The van der Waals surface area contributed by atoms with Crippen LogP contribution >= 0.6 is 0 Å². The van der Waals surface area contributed by atoms with E-state index < -0.39 is 12.1 Å². The number of aliphatic hydroxyl groups excluding tert-OH is 1. The fourth-order valence-electron chi connectivity index (χ4n) is 2.52. The Morgan fingerprint density at radius 2 is 2.22 bits per heavy atom. The van der Waals surface area contributed by atoms with Crippen molar-refractivity contribution < 1.29 is 15.0 Å². The van der Waals surface area contributed by atoms with E-state index in [1.165, 1.54) is 11.1 Å². The van der Waals surface area contributed by atoms with Crippen LogP contribution in [-0.4, -0.2) is 28.8 Å². The van der Waals surface area contributed by atoms with Crippen LogP contribution in [0.25, 0.3) is 0 Å². The first-order chi connectivity index (χ1) is 8.66. The molecule has 0 saturated heterocycles. The molecule has 0 bridgehead atoms. The zero-order chi connectivity index (χ0) is 13.0. The normalized spacial score (nSPS) is 20.2. The summed E-state index contributed by atoms with van der Waals surface area (Å²) in [6, 6.07) is 8.54. The van der Waals surface area contributed by atoms with Crippen LogP contribution in [0.5, 0.6) is 0 Å². The number of rotatable bonds is 5. The number of hydrogen-bond acceptors (Lipinski definition) is 3. The molecule has 2 atom stereocenters. The smallest absolute Gasteiger partial charge is 0.306 e. The average Bonchev–Trinajstić information content (AvgIpc) is 2.35. The van der Waals surface area contributed by atoms with Crippen molar-refractivity contribution in [1.29, 1.82) is 0 Å². The summed E-state index contributed by atoms with van der Waals surface area (Å²) in [5, 5.41) is 21.4. The van der Waals surface area contributed by atoms with E-state index in [1.54, 1.807) is 0 Å². The topological polar surface area (TPSA) is 69.6 Å². The lowest BCUT2D eigenvalue weighted by Gasteiger charge is -2.27. The predicted octanol–water partition coefficient (Wildman–Crippen LogP) is 1.49. The second-order valence-electron chi connectivity index (χ2n) is 4.80. The minimum absolute atomic E-state index is 0.207. The third kappa shape index (κ3) is 3.31. The number of fused-ring (bicyclic) bond motifs is 1. The Bertz CT molecular complexity index is 419. The van der Waals surface area contributed by atoms with E-state index in [0.29, 0.717) is 6.54 Å². The van der Waals surface area contributed by atoms with Crippen LogP contribution in [0.4, 0.5) is 0 Å². The number of carboxylic acids is 1. The maximum atomic E-state index is 10.5. The average molecular weight is 249 g/mol. The SMILES string of the molecule is O=C(O)CC(O)CNC1CCCc2ccccc21. The second kappa shape index (κ2) is 5.98. The van der Waals surface area contributed by atoms with Gasteiger partial charge in [0.05, 0.1) is 12.5 Å². The van der Waals surface area contributed by atoms with Crippen molar-refractivity contribution in [2.24, 2.45) is 0 Å². The number of carboxylic acid groups (broad SMARTS) is 1. The molecule has 0 aromatic heterocycles. The molecule has 1 aliphatic rings. The van der Waals surface area contributed by atoms with Crippen molar-refractivity contribution >= 4 is 5.97 Å². The second-order valence-corrected chi connectivity index (χ2v) is 4.80. The van der Waals surface area contributed by atoms with E-state index in [9.17, 15) is 9.90 Å². The van der Waals surface area contributed by atoms with Crippen LogP contribution in [0.3, 0.4) is 0 Å². The molecule has 1 aliphatic carbocycles. The minimum Gasteiger partial charge on any atom is -0.481 e. The highest BCUT2D eigenvalue weighted by Gasteiger charge is 2.20. The summed E-state index contributed by atoms with van der Waals surface area (Å²) in [6.45, 7) is 0.325. The maximum absolute atomic E-state index is 10.5. The monoisotopic (exact) mass is 249 g/mol. The lowest BCUT2D eigenvalue weighted by molar-refractivity contribution is -0.139. The largest absolute Gasteiger partial charge is 0.481 e. The molecular weight excluding hydrogens is 230 g/mol. The molecule has 2 unspecified atom stereocenters. The van der Waals surface area contributed by atoms with Crippen LogP contribution in [-0.2, 0) is 11.2 Å². The molecule has 3 N–H and O–H groups in total. The Balaban J connectivity index is 1.93. The van der Waals surface area contributed by atoms with Crippen LogP contribution < -0.4 is 5.32 Å². The Morgan fingerprint density at radius 1 is 1.44 bits per heavy atom. The number of carbonyl (C=O) groups is 1. The lowest BCUT2D eigenvalue weighted by atomic mass is 9.87. The Morgan fingerprint density at radius 3 is 3.00 bits per heavy atom. The van der Waals surface area contributed by atoms with Gasteiger partial charge < -0.3 is 15.5 Å². The summed E-state index contributed by atoms with van der Waals surface area (Å²) in [6.07, 6.45) is 2.24. The van der Waals surface area contributed by atoms with Crippen molar-refractivity contribution in [3.8, 4) is 0 Å². The number of nitrogens with one attached hydrogen (secondary N) is 1.